The van der Waals surface area contributed by atoms with E-state index < -0.39 is 6.04 Å². The Hall–Kier alpha value is -3.48. The summed E-state index contributed by atoms with van der Waals surface area (Å²) >= 11 is 0. The summed E-state index contributed by atoms with van der Waals surface area (Å²) < 4.78 is 1.63. The van der Waals surface area contributed by atoms with Gasteiger partial charge in [-0.1, -0.05) is 38.5 Å². The van der Waals surface area contributed by atoms with Crippen LogP contribution in [0, 0.1) is 5.92 Å². The zero-order chi connectivity index (χ0) is 19.9. The van der Waals surface area contributed by atoms with E-state index in [1.54, 1.807) is 47.4 Å². The maximum atomic E-state index is 12.8. The molecule has 0 radical (unpaired) electrons. The van der Waals surface area contributed by atoms with E-state index in [9.17, 15) is 9.59 Å². The second kappa shape index (κ2) is 8.94. The normalized spacial score (nSPS) is 12.8. The first-order chi connectivity index (χ1) is 13.6. The number of benzene rings is 2. The molecule has 1 aromatic heterocycles. The molecule has 2 N–H and O–H groups in total. The largest absolute Gasteiger partial charge is 0.340 e. The lowest BCUT2D eigenvalue weighted by atomic mass is 9.97. The highest BCUT2D eigenvalue weighted by Crippen LogP contribution is 2.15. The van der Waals surface area contributed by atoms with E-state index in [4.69, 9.17) is 0 Å². The minimum Gasteiger partial charge on any atom is -0.340 e. The molecule has 1 heterocycles. The van der Waals surface area contributed by atoms with Crippen LogP contribution in [0.1, 0.15) is 30.6 Å². The third-order valence-corrected chi connectivity index (χ3v) is 4.64. The second-order valence-electron chi connectivity index (χ2n) is 6.58. The van der Waals surface area contributed by atoms with Gasteiger partial charge in [-0.05, 0) is 42.3 Å². The van der Waals surface area contributed by atoms with Crippen LogP contribution in [-0.2, 0) is 4.79 Å². The SMILES string of the molecule is CCC(C)C(NC(=O)c1ccccc1)C(=O)Nc1ccc(-n2cncn2)cc1. The molecule has 2 aromatic carbocycles. The monoisotopic (exact) mass is 377 g/mol. The Kier molecular flexibility index (Phi) is 6.16. The van der Waals surface area contributed by atoms with Crippen molar-refractivity contribution in [1.82, 2.24) is 20.1 Å². The molecule has 7 nitrogen and oxygen atoms in total. The van der Waals surface area contributed by atoms with Crippen LogP contribution < -0.4 is 10.6 Å². The molecule has 0 aliphatic carbocycles. The fraction of sp³-hybridized carbons (Fsp3) is 0.238. The van der Waals surface area contributed by atoms with Gasteiger partial charge in [-0.3, -0.25) is 9.59 Å². The number of carbonyl (C=O) groups is 2. The number of aromatic nitrogens is 3. The van der Waals surface area contributed by atoms with E-state index in [1.807, 2.05) is 32.0 Å². The molecule has 28 heavy (non-hydrogen) atoms. The van der Waals surface area contributed by atoms with Gasteiger partial charge in [0.1, 0.15) is 18.7 Å². The number of hydrogen-bond donors (Lipinski definition) is 2. The summed E-state index contributed by atoms with van der Waals surface area (Å²) in [5.74, 6) is -0.517. The van der Waals surface area contributed by atoms with Crippen molar-refractivity contribution in [3.63, 3.8) is 0 Å². The molecule has 7 heteroatoms. The Morgan fingerprint density at radius 3 is 2.39 bits per heavy atom. The highest BCUT2D eigenvalue weighted by atomic mass is 16.2. The van der Waals surface area contributed by atoms with E-state index in [1.165, 1.54) is 6.33 Å². The van der Waals surface area contributed by atoms with Crippen molar-refractivity contribution in [2.45, 2.75) is 26.3 Å². The fourth-order valence-electron chi connectivity index (χ4n) is 2.78. The summed E-state index contributed by atoms with van der Waals surface area (Å²) in [7, 11) is 0. The van der Waals surface area contributed by atoms with Crippen LogP contribution in [0.5, 0.6) is 0 Å². The van der Waals surface area contributed by atoms with Crippen LogP contribution in [0.2, 0.25) is 0 Å². The van der Waals surface area contributed by atoms with E-state index in [2.05, 4.69) is 20.7 Å². The minimum atomic E-state index is -0.632. The summed E-state index contributed by atoms with van der Waals surface area (Å²) in [6, 6.07) is 15.5. The molecule has 0 saturated carbocycles. The molecule has 0 aliphatic rings. The first kappa shape index (κ1) is 19.3. The van der Waals surface area contributed by atoms with Gasteiger partial charge < -0.3 is 10.6 Å². The number of carbonyl (C=O) groups excluding carboxylic acids is 2. The smallest absolute Gasteiger partial charge is 0.251 e. The van der Waals surface area contributed by atoms with Crippen LogP contribution in [0.4, 0.5) is 5.69 Å². The number of nitrogens with zero attached hydrogens (tertiary/aromatic N) is 3. The van der Waals surface area contributed by atoms with Crippen molar-refractivity contribution >= 4 is 17.5 Å². The Bertz CT molecular complexity index is 908. The average Bonchev–Trinajstić information content (AvgIpc) is 3.27. The Labute approximate surface area is 163 Å². The van der Waals surface area contributed by atoms with Crippen molar-refractivity contribution < 1.29 is 9.59 Å². The summed E-state index contributed by atoms with van der Waals surface area (Å²) in [6.45, 7) is 3.94. The molecule has 0 bridgehead atoms. The molecule has 2 unspecified atom stereocenters. The lowest BCUT2D eigenvalue weighted by Gasteiger charge is -2.23. The van der Waals surface area contributed by atoms with Crippen molar-refractivity contribution in [2.24, 2.45) is 5.92 Å². The standard InChI is InChI=1S/C21H23N5O2/c1-3-15(2)19(25-20(27)16-7-5-4-6-8-16)21(28)24-17-9-11-18(12-10-17)26-14-22-13-23-26/h4-15,19H,3H2,1-2H3,(H,24,28)(H,25,27). The third-order valence-electron chi connectivity index (χ3n) is 4.64. The van der Waals surface area contributed by atoms with E-state index in [0.29, 0.717) is 11.3 Å². The fourth-order valence-corrected chi connectivity index (χ4v) is 2.78. The number of nitrogens with one attached hydrogen (secondary N) is 2. The van der Waals surface area contributed by atoms with Crippen LogP contribution in [0.15, 0.2) is 67.3 Å². The molecule has 0 aliphatic heterocycles. The summed E-state index contributed by atoms with van der Waals surface area (Å²) in [5.41, 5.74) is 2.02. The van der Waals surface area contributed by atoms with Crippen LogP contribution in [0.3, 0.4) is 0 Å². The van der Waals surface area contributed by atoms with Gasteiger partial charge in [-0.15, -0.1) is 0 Å². The lowest BCUT2D eigenvalue weighted by Crippen LogP contribution is -2.47. The second-order valence-corrected chi connectivity index (χ2v) is 6.58. The number of amides is 2. The van der Waals surface area contributed by atoms with Crippen molar-refractivity contribution in [2.75, 3.05) is 5.32 Å². The molecule has 0 saturated heterocycles. The predicted molar refractivity (Wildman–Crippen MR) is 107 cm³/mol. The van der Waals surface area contributed by atoms with Crippen molar-refractivity contribution in [1.29, 1.82) is 0 Å². The van der Waals surface area contributed by atoms with Crippen LogP contribution >= 0.6 is 0 Å². The molecule has 0 spiro atoms. The van der Waals surface area contributed by atoms with Gasteiger partial charge in [-0.2, -0.15) is 5.10 Å². The molecular weight excluding hydrogens is 354 g/mol. The molecule has 3 rings (SSSR count). The molecule has 2 amide bonds. The molecular formula is C21H23N5O2. The molecule has 2 atom stereocenters. The summed E-state index contributed by atoms with van der Waals surface area (Å²) in [4.78, 5) is 29.3. The Morgan fingerprint density at radius 2 is 1.79 bits per heavy atom. The van der Waals surface area contributed by atoms with Gasteiger partial charge in [0.25, 0.3) is 5.91 Å². The van der Waals surface area contributed by atoms with Gasteiger partial charge >= 0.3 is 0 Å². The minimum absolute atomic E-state index is 0.0120. The molecule has 0 fully saturated rings. The summed E-state index contributed by atoms with van der Waals surface area (Å²) in [6.07, 6.45) is 3.83. The van der Waals surface area contributed by atoms with Crippen molar-refractivity contribution in [3.05, 3.63) is 72.8 Å². The zero-order valence-electron chi connectivity index (χ0n) is 15.9. The quantitative estimate of drug-likeness (QED) is 0.662. The highest BCUT2D eigenvalue weighted by Gasteiger charge is 2.26. The Balaban J connectivity index is 1.70. The summed E-state index contributed by atoms with van der Waals surface area (Å²) in [5, 5.41) is 9.82. The van der Waals surface area contributed by atoms with E-state index in [-0.39, 0.29) is 17.7 Å². The van der Waals surface area contributed by atoms with Gasteiger partial charge in [0.2, 0.25) is 5.91 Å². The molecule has 3 aromatic rings. The predicted octanol–water partition coefficient (Wildman–Crippen LogP) is 3.05. The number of hydrogen-bond acceptors (Lipinski definition) is 4. The Morgan fingerprint density at radius 1 is 1.07 bits per heavy atom. The van der Waals surface area contributed by atoms with Gasteiger partial charge in [0, 0.05) is 11.3 Å². The van der Waals surface area contributed by atoms with Crippen LogP contribution in [0.25, 0.3) is 5.69 Å². The lowest BCUT2D eigenvalue weighted by molar-refractivity contribution is -0.119. The topological polar surface area (TPSA) is 88.9 Å². The maximum absolute atomic E-state index is 12.8. The maximum Gasteiger partial charge on any atom is 0.251 e. The van der Waals surface area contributed by atoms with E-state index >= 15 is 0 Å². The third kappa shape index (κ3) is 4.62. The first-order valence-corrected chi connectivity index (χ1v) is 9.20. The van der Waals surface area contributed by atoms with Gasteiger partial charge in [-0.25, -0.2) is 9.67 Å². The average molecular weight is 377 g/mol. The number of rotatable bonds is 7. The van der Waals surface area contributed by atoms with E-state index in [0.717, 1.165) is 12.1 Å². The first-order valence-electron chi connectivity index (χ1n) is 9.20. The zero-order valence-corrected chi connectivity index (χ0v) is 15.9. The highest BCUT2D eigenvalue weighted by molar-refractivity contribution is 6.01. The van der Waals surface area contributed by atoms with Gasteiger partial charge in [0.15, 0.2) is 0 Å². The number of anilines is 1. The van der Waals surface area contributed by atoms with Gasteiger partial charge in [0.05, 0.1) is 5.69 Å². The van der Waals surface area contributed by atoms with Crippen molar-refractivity contribution in [3.8, 4) is 5.69 Å². The van der Waals surface area contributed by atoms with Crippen LogP contribution in [-0.4, -0.2) is 32.6 Å². The molecule has 144 valence electrons.